The number of fused-ring (bicyclic) bond motifs is 1. The van der Waals surface area contributed by atoms with Crippen LogP contribution in [0.2, 0.25) is 18.1 Å². The summed E-state index contributed by atoms with van der Waals surface area (Å²) < 4.78 is 69.9. The summed E-state index contributed by atoms with van der Waals surface area (Å²) in [4.78, 5) is 0. The minimum Gasteiger partial charge on any atom is -0.543 e. The van der Waals surface area contributed by atoms with Crippen molar-refractivity contribution in [3.05, 3.63) is 30.3 Å². The van der Waals surface area contributed by atoms with Crippen LogP contribution in [0.3, 0.4) is 0 Å². The number of aromatic nitrogens is 4. The highest BCUT2D eigenvalue weighted by molar-refractivity contribution is 7.86. The second-order valence-corrected chi connectivity index (χ2v) is 18.9. The first kappa shape index (κ1) is 33.5. The van der Waals surface area contributed by atoms with Crippen molar-refractivity contribution in [2.45, 2.75) is 84.0 Å². The normalized spacial score (nSPS) is 17.4. The van der Waals surface area contributed by atoms with Crippen LogP contribution in [-0.2, 0) is 35.1 Å². The van der Waals surface area contributed by atoms with E-state index in [4.69, 9.17) is 27.9 Å². The average molecular weight is 641 g/mol. The minimum atomic E-state index is -3.51. The molecule has 0 aliphatic carbocycles. The van der Waals surface area contributed by atoms with Crippen LogP contribution in [0.15, 0.2) is 24.5 Å². The molecule has 1 aliphatic rings. The molecular weight excluding hydrogens is 595 g/mol. The second-order valence-electron chi connectivity index (χ2n) is 12.6. The lowest BCUT2D eigenvalue weighted by Gasteiger charge is -2.36. The van der Waals surface area contributed by atoms with Gasteiger partial charge < -0.3 is 18.6 Å². The van der Waals surface area contributed by atoms with Crippen LogP contribution in [0.4, 0.5) is 4.39 Å². The molecule has 2 aromatic heterocycles. The van der Waals surface area contributed by atoms with Crippen molar-refractivity contribution in [3.8, 4) is 17.0 Å². The molecule has 1 aliphatic heterocycles. The lowest BCUT2D eigenvalue weighted by atomic mass is 10.1. The topological polar surface area (TPSA) is 116 Å². The van der Waals surface area contributed by atoms with Gasteiger partial charge in [0.05, 0.1) is 51.5 Å². The molecule has 14 heteroatoms. The van der Waals surface area contributed by atoms with Crippen molar-refractivity contribution in [1.82, 2.24) is 19.6 Å². The maximum absolute atomic E-state index is 15.8. The Kier molecular flexibility index (Phi) is 10.7. The molecule has 0 radical (unpaired) electrons. The molecule has 0 amide bonds. The van der Waals surface area contributed by atoms with Crippen molar-refractivity contribution in [2.24, 2.45) is 0 Å². The SMILES string of the molecule is C[C@@H](COCCOCCn1cc(-c2nn(C3CCCCO3)c3c(F)cc(O[Si](C)(C)C(C)(C)C)cc23)cn1)OS(C)(=O)=O. The maximum atomic E-state index is 15.8. The van der Waals surface area contributed by atoms with E-state index < -0.39 is 24.5 Å². The van der Waals surface area contributed by atoms with E-state index >= 15 is 4.39 Å². The molecule has 1 unspecified atom stereocenters. The molecule has 3 aromatic rings. The molecule has 4 rings (SSSR count). The summed E-state index contributed by atoms with van der Waals surface area (Å²) in [5.41, 5.74) is 1.78. The molecule has 11 nitrogen and oxygen atoms in total. The monoisotopic (exact) mass is 640 g/mol. The number of rotatable bonds is 14. The van der Waals surface area contributed by atoms with Gasteiger partial charge in [-0.15, -0.1) is 0 Å². The number of hydrogen-bond donors (Lipinski definition) is 0. The first-order valence-corrected chi connectivity index (χ1v) is 19.5. The number of benzene rings is 1. The van der Waals surface area contributed by atoms with Crippen LogP contribution < -0.4 is 4.43 Å². The highest BCUT2D eigenvalue weighted by atomic mass is 32.2. The van der Waals surface area contributed by atoms with Gasteiger partial charge in [0.15, 0.2) is 12.0 Å². The molecule has 0 bridgehead atoms. The van der Waals surface area contributed by atoms with Gasteiger partial charge >= 0.3 is 0 Å². The van der Waals surface area contributed by atoms with Gasteiger partial charge in [-0.3, -0.25) is 8.86 Å². The summed E-state index contributed by atoms with van der Waals surface area (Å²) >= 11 is 0. The minimum absolute atomic E-state index is 0.0399. The van der Waals surface area contributed by atoms with E-state index in [9.17, 15) is 8.42 Å². The van der Waals surface area contributed by atoms with E-state index in [0.29, 0.717) is 55.3 Å². The Morgan fingerprint density at radius 3 is 2.58 bits per heavy atom. The molecule has 0 N–H and O–H groups in total. The summed E-state index contributed by atoms with van der Waals surface area (Å²) in [6.45, 7) is 14.7. The van der Waals surface area contributed by atoms with Gasteiger partial charge in [-0.05, 0) is 50.4 Å². The zero-order chi connectivity index (χ0) is 31.4. The molecule has 2 atom stereocenters. The number of ether oxygens (including phenoxy) is 3. The Bertz CT molecular complexity index is 1480. The highest BCUT2D eigenvalue weighted by Gasteiger charge is 2.39. The Hall–Kier alpha value is -2.36. The van der Waals surface area contributed by atoms with Crippen LogP contribution in [0.5, 0.6) is 5.75 Å². The van der Waals surface area contributed by atoms with Crippen LogP contribution >= 0.6 is 0 Å². The lowest BCUT2D eigenvalue weighted by molar-refractivity contribution is -0.0368. The molecule has 0 spiro atoms. The Morgan fingerprint density at radius 2 is 1.91 bits per heavy atom. The van der Waals surface area contributed by atoms with Crippen molar-refractivity contribution in [2.75, 3.05) is 39.3 Å². The van der Waals surface area contributed by atoms with Crippen LogP contribution in [0, 0.1) is 5.82 Å². The quantitative estimate of drug-likeness (QED) is 0.128. The van der Waals surface area contributed by atoms with Crippen LogP contribution in [-0.4, -0.2) is 81.7 Å². The summed E-state index contributed by atoms with van der Waals surface area (Å²) in [5.74, 6) is 0.113. The summed E-state index contributed by atoms with van der Waals surface area (Å²) in [6, 6.07) is 3.36. The summed E-state index contributed by atoms with van der Waals surface area (Å²) in [5, 5.41) is 9.97. The zero-order valence-electron chi connectivity index (χ0n) is 26.3. The first-order valence-electron chi connectivity index (χ1n) is 14.7. The van der Waals surface area contributed by atoms with E-state index in [-0.39, 0.29) is 23.7 Å². The molecule has 43 heavy (non-hydrogen) atoms. The van der Waals surface area contributed by atoms with Crippen molar-refractivity contribution in [1.29, 1.82) is 0 Å². The van der Waals surface area contributed by atoms with Crippen LogP contribution in [0.1, 0.15) is 53.2 Å². The molecule has 240 valence electrons. The van der Waals surface area contributed by atoms with E-state index in [2.05, 4.69) is 39.0 Å². The van der Waals surface area contributed by atoms with Crippen molar-refractivity contribution in [3.63, 3.8) is 0 Å². The van der Waals surface area contributed by atoms with Gasteiger partial charge in [0.2, 0.25) is 8.32 Å². The third-order valence-corrected chi connectivity index (χ3v) is 12.8. The first-order chi connectivity index (χ1) is 20.1. The summed E-state index contributed by atoms with van der Waals surface area (Å²) in [6.07, 6.45) is 6.44. The third-order valence-electron chi connectivity index (χ3n) is 7.77. The van der Waals surface area contributed by atoms with Crippen molar-refractivity contribution >= 4 is 29.3 Å². The van der Waals surface area contributed by atoms with E-state index in [1.165, 1.54) is 6.07 Å². The van der Waals surface area contributed by atoms with Crippen LogP contribution in [0.25, 0.3) is 22.2 Å². The molecule has 1 aromatic carbocycles. The lowest BCUT2D eigenvalue weighted by Crippen LogP contribution is -2.43. The zero-order valence-corrected chi connectivity index (χ0v) is 28.1. The fraction of sp³-hybridized carbons (Fsp3) is 0.655. The van der Waals surface area contributed by atoms with Gasteiger partial charge in [0.25, 0.3) is 10.1 Å². The van der Waals surface area contributed by atoms with Gasteiger partial charge in [-0.1, -0.05) is 20.8 Å². The highest BCUT2D eigenvalue weighted by Crippen LogP contribution is 2.40. The largest absolute Gasteiger partial charge is 0.543 e. The summed E-state index contributed by atoms with van der Waals surface area (Å²) in [7, 11) is -5.72. The number of halogens is 1. The Balaban J connectivity index is 1.47. The average Bonchev–Trinajstić information content (AvgIpc) is 3.52. The maximum Gasteiger partial charge on any atom is 0.264 e. The molecule has 3 heterocycles. The fourth-order valence-electron chi connectivity index (χ4n) is 4.61. The number of nitrogens with zero attached hydrogens (tertiary/aromatic N) is 4. The van der Waals surface area contributed by atoms with Crippen molar-refractivity contribution < 1.29 is 35.6 Å². The van der Waals surface area contributed by atoms with Gasteiger partial charge in [-0.2, -0.15) is 18.6 Å². The van der Waals surface area contributed by atoms with Gasteiger partial charge in [-0.25, -0.2) is 9.07 Å². The van der Waals surface area contributed by atoms with Gasteiger partial charge in [0.1, 0.15) is 17.0 Å². The number of hydrogen-bond acceptors (Lipinski definition) is 9. The van der Waals surface area contributed by atoms with E-state index in [1.54, 1.807) is 22.5 Å². The van der Waals surface area contributed by atoms with E-state index in [1.807, 2.05) is 12.3 Å². The Labute approximate surface area is 254 Å². The molecular formula is C29H45FN4O7SSi. The molecule has 1 saturated heterocycles. The predicted molar refractivity (Wildman–Crippen MR) is 165 cm³/mol. The van der Waals surface area contributed by atoms with E-state index in [0.717, 1.165) is 31.1 Å². The predicted octanol–water partition coefficient (Wildman–Crippen LogP) is 5.52. The second kappa shape index (κ2) is 13.7. The smallest absolute Gasteiger partial charge is 0.264 e. The standard InChI is InChI=1S/C29H45FN4O7SSi/c1-21(40-42(5,35)36)20-38-15-14-37-13-11-33-19-22(18-31-33)27-24-16-23(41-43(6,7)29(2,3)4)17-25(30)28(24)34(32-27)26-10-8-9-12-39-26/h16-19,21,26H,8-15,20H2,1-7H3/t21-,26?/m0/s1. The Morgan fingerprint density at radius 1 is 1.16 bits per heavy atom. The molecule has 1 fully saturated rings. The third kappa shape index (κ3) is 8.85. The fourth-order valence-corrected chi connectivity index (χ4v) is 6.27. The molecule has 0 saturated carbocycles. The van der Waals surface area contributed by atoms with Gasteiger partial charge in [0, 0.05) is 29.8 Å².